The summed E-state index contributed by atoms with van der Waals surface area (Å²) in [4.78, 5) is 11.0. The summed E-state index contributed by atoms with van der Waals surface area (Å²) in [6.07, 6.45) is 2.60. The Morgan fingerprint density at radius 1 is 1.27 bits per heavy atom. The molecule has 0 spiro atoms. The van der Waals surface area contributed by atoms with Gasteiger partial charge in [0.25, 0.3) is 0 Å². The maximum absolute atomic E-state index is 11.0. The third kappa shape index (κ3) is 7.53. The maximum atomic E-state index is 11.0. The molecule has 0 aliphatic carbocycles. The van der Waals surface area contributed by atoms with Crippen LogP contribution < -0.4 is 0 Å². The highest BCUT2D eigenvalue weighted by Gasteiger charge is 2.02. The van der Waals surface area contributed by atoms with Crippen LogP contribution in [0.2, 0.25) is 0 Å². The van der Waals surface area contributed by atoms with Crippen molar-refractivity contribution in [2.24, 2.45) is 5.92 Å². The summed E-state index contributed by atoms with van der Waals surface area (Å²) in [5, 5.41) is 10.0. The number of Topliss-reactive ketones (excluding diaryl/α,β-unsaturated/α-hetero) is 1. The van der Waals surface area contributed by atoms with Gasteiger partial charge in [-0.05, 0) is 18.8 Å². The van der Waals surface area contributed by atoms with Gasteiger partial charge in [0.05, 0.1) is 6.61 Å². The lowest BCUT2D eigenvalue weighted by Crippen LogP contribution is -2.00. The quantitative estimate of drug-likeness (QED) is 0.582. The minimum Gasteiger partial charge on any atom is -0.300 e. The lowest BCUT2D eigenvalue weighted by molar-refractivity contribution is -0.119. The fraction of sp³-hybridized carbons (Fsp3) is 0.889. The Kier molecular flexibility index (Phi) is 6.13. The largest absolute Gasteiger partial charge is 0.300 e. The van der Waals surface area contributed by atoms with Crippen molar-refractivity contribution in [2.45, 2.75) is 39.5 Å². The molecule has 0 N–H and O–H groups in total. The molecule has 0 aromatic rings. The Morgan fingerprint density at radius 3 is 2.36 bits per heavy atom. The van der Waals surface area contributed by atoms with E-state index in [2.05, 4.69) is 13.8 Å². The first-order valence-electron chi connectivity index (χ1n) is 4.26. The molecule has 0 rings (SSSR count). The van der Waals surface area contributed by atoms with Crippen LogP contribution in [0.4, 0.5) is 0 Å². The molecule has 0 aliphatic heterocycles. The predicted molar refractivity (Wildman–Crippen MR) is 43.9 cm³/mol. The minimum absolute atomic E-state index is 0.118. The van der Waals surface area contributed by atoms with Crippen molar-refractivity contribution in [1.29, 1.82) is 0 Å². The van der Waals surface area contributed by atoms with Crippen LogP contribution in [-0.4, -0.2) is 12.4 Å². The Morgan fingerprint density at radius 2 is 1.91 bits per heavy atom. The first-order valence-corrected chi connectivity index (χ1v) is 4.26. The highest BCUT2D eigenvalue weighted by molar-refractivity contribution is 5.78. The normalized spacial score (nSPS) is 10.5. The molecule has 0 amide bonds. The van der Waals surface area contributed by atoms with E-state index < -0.39 is 0 Å². The van der Waals surface area contributed by atoms with Gasteiger partial charge >= 0.3 is 0 Å². The van der Waals surface area contributed by atoms with Crippen LogP contribution in [0.3, 0.4) is 0 Å². The molecule has 11 heavy (non-hydrogen) atoms. The molecule has 0 saturated carbocycles. The molecule has 0 saturated heterocycles. The first kappa shape index (κ1) is 10.6. The van der Waals surface area contributed by atoms with Gasteiger partial charge in [-0.3, -0.25) is 4.79 Å². The van der Waals surface area contributed by atoms with Gasteiger partial charge in [0.15, 0.2) is 0 Å². The molecule has 0 bridgehead atoms. The Bertz CT molecular complexity index is 108. The molecule has 65 valence electrons. The monoisotopic (exact) mass is 157 g/mol. The lowest BCUT2D eigenvalue weighted by atomic mass is 10.0. The second-order valence-corrected chi connectivity index (χ2v) is 3.28. The van der Waals surface area contributed by atoms with Gasteiger partial charge in [0.2, 0.25) is 0 Å². The van der Waals surface area contributed by atoms with E-state index in [9.17, 15) is 9.90 Å². The summed E-state index contributed by atoms with van der Waals surface area (Å²) in [6, 6.07) is 0. The molecule has 0 aromatic carbocycles. The van der Waals surface area contributed by atoms with Crippen LogP contribution in [0.1, 0.15) is 39.5 Å². The van der Waals surface area contributed by atoms with E-state index in [1.54, 1.807) is 0 Å². The second kappa shape index (κ2) is 6.35. The summed E-state index contributed by atoms with van der Waals surface area (Å²) in [7, 11) is 0. The number of hydrogen-bond donors (Lipinski definition) is 0. The minimum atomic E-state index is -0.118. The zero-order valence-corrected chi connectivity index (χ0v) is 7.43. The van der Waals surface area contributed by atoms with Crippen molar-refractivity contribution < 1.29 is 9.90 Å². The summed E-state index contributed by atoms with van der Waals surface area (Å²) in [6.45, 7) is 4.08. The van der Waals surface area contributed by atoms with Crippen molar-refractivity contribution in [3.8, 4) is 0 Å². The van der Waals surface area contributed by atoms with Crippen molar-refractivity contribution in [3.05, 3.63) is 0 Å². The van der Waals surface area contributed by atoms with Crippen LogP contribution >= 0.6 is 0 Å². The third-order valence-electron chi connectivity index (χ3n) is 1.60. The Balaban J connectivity index is 3.23. The van der Waals surface area contributed by atoms with Gasteiger partial charge in [-0.1, -0.05) is 13.8 Å². The van der Waals surface area contributed by atoms with Gasteiger partial charge in [-0.15, -0.1) is 0 Å². The van der Waals surface area contributed by atoms with Gasteiger partial charge < -0.3 is 0 Å². The molecule has 2 heteroatoms. The van der Waals surface area contributed by atoms with E-state index >= 15 is 0 Å². The number of carbonyl (C=O) groups is 1. The van der Waals surface area contributed by atoms with Crippen molar-refractivity contribution in [3.63, 3.8) is 0 Å². The van der Waals surface area contributed by atoms with E-state index in [0.29, 0.717) is 25.2 Å². The van der Waals surface area contributed by atoms with E-state index in [0.717, 1.165) is 6.42 Å². The average Bonchev–Trinajstić information content (AvgIpc) is 1.97. The third-order valence-corrected chi connectivity index (χ3v) is 1.60. The average molecular weight is 157 g/mol. The van der Waals surface area contributed by atoms with Gasteiger partial charge in [-0.25, -0.2) is 5.11 Å². The lowest BCUT2D eigenvalue weighted by Gasteiger charge is -2.02. The highest BCUT2D eigenvalue weighted by atomic mass is 16.3. The zero-order valence-electron chi connectivity index (χ0n) is 7.43. The Labute approximate surface area is 68.6 Å². The molecule has 0 unspecified atom stereocenters. The van der Waals surface area contributed by atoms with Gasteiger partial charge in [0.1, 0.15) is 5.78 Å². The predicted octanol–water partition coefficient (Wildman–Crippen LogP) is 2.20. The molecule has 2 nitrogen and oxygen atoms in total. The molecule has 0 heterocycles. The van der Waals surface area contributed by atoms with Crippen LogP contribution in [-0.2, 0) is 9.90 Å². The fourth-order valence-corrected chi connectivity index (χ4v) is 0.844. The fourth-order valence-electron chi connectivity index (χ4n) is 0.844. The Hall–Kier alpha value is -0.370. The van der Waals surface area contributed by atoms with E-state index in [-0.39, 0.29) is 12.4 Å². The van der Waals surface area contributed by atoms with E-state index in [1.807, 2.05) is 0 Å². The van der Waals surface area contributed by atoms with Crippen molar-refractivity contribution in [2.75, 3.05) is 6.61 Å². The molecule has 1 radical (unpaired) electrons. The summed E-state index contributed by atoms with van der Waals surface area (Å²) in [5.74, 6) is 0.834. The highest BCUT2D eigenvalue weighted by Crippen LogP contribution is 2.06. The van der Waals surface area contributed by atoms with Crippen LogP contribution in [0.25, 0.3) is 0 Å². The van der Waals surface area contributed by atoms with Crippen LogP contribution in [0.5, 0.6) is 0 Å². The molecule has 0 aromatic heterocycles. The van der Waals surface area contributed by atoms with Crippen molar-refractivity contribution >= 4 is 5.78 Å². The van der Waals surface area contributed by atoms with Crippen LogP contribution in [0, 0.1) is 5.92 Å². The summed E-state index contributed by atoms with van der Waals surface area (Å²) < 4.78 is 0. The topological polar surface area (TPSA) is 37.0 Å². The summed E-state index contributed by atoms with van der Waals surface area (Å²) in [5.41, 5.74) is 0. The van der Waals surface area contributed by atoms with Gasteiger partial charge in [0, 0.05) is 12.8 Å². The number of carbonyl (C=O) groups excluding carboxylic acids is 1. The number of rotatable bonds is 6. The van der Waals surface area contributed by atoms with E-state index in [4.69, 9.17) is 0 Å². The van der Waals surface area contributed by atoms with E-state index in [1.165, 1.54) is 0 Å². The number of hydrogen-bond acceptors (Lipinski definition) is 1. The number of ketones is 1. The molecule has 0 fully saturated rings. The smallest absolute Gasteiger partial charge is 0.133 e. The van der Waals surface area contributed by atoms with Crippen molar-refractivity contribution in [1.82, 2.24) is 0 Å². The molecular formula is C9H17O2. The molecule has 0 atom stereocenters. The zero-order chi connectivity index (χ0) is 8.69. The standard InChI is InChI=1S/C9H17O2/c1-8(2)5-6-9(11)4-3-7-10/h8H,3-7H2,1-2H3. The summed E-state index contributed by atoms with van der Waals surface area (Å²) >= 11 is 0. The molecular weight excluding hydrogens is 140 g/mol. The van der Waals surface area contributed by atoms with Gasteiger partial charge in [-0.2, -0.15) is 0 Å². The molecule has 0 aliphatic rings. The van der Waals surface area contributed by atoms with Crippen LogP contribution in [0.15, 0.2) is 0 Å². The SMILES string of the molecule is CC(C)CCC(=O)CCC[O]. The first-order chi connectivity index (χ1) is 5.16. The second-order valence-electron chi connectivity index (χ2n) is 3.28. The maximum Gasteiger partial charge on any atom is 0.133 e.